The minimum absolute atomic E-state index is 0.199. The third kappa shape index (κ3) is 2.04. The smallest absolute Gasteiger partial charge is 0.231 e. The van der Waals surface area contributed by atoms with E-state index in [1.54, 1.807) is 24.7 Å². The van der Waals surface area contributed by atoms with Crippen molar-refractivity contribution >= 4 is 35.1 Å². The normalized spacial score (nSPS) is 14.5. The van der Waals surface area contributed by atoms with Gasteiger partial charge in [0.2, 0.25) is 6.79 Å². The van der Waals surface area contributed by atoms with Crippen molar-refractivity contribution in [1.82, 2.24) is 4.98 Å². The molecule has 0 saturated heterocycles. The van der Waals surface area contributed by atoms with Crippen molar-refractivity contribution < 1.29 is 9.47 Å². The molecule has 2 aliphatic heterocycles. The number of pyridine rings is 1. The minimum Gasteiger partial charge on any atom is -0.454 e. The van der Waals surface area contributed by atoms with Gasteiger partial charge in [0.05, 0.1) is 17.9 Å². The largest absolute Gasteiger partial charge is 0.454 e. The van der Waals surface area contributed by atoms with E-state index in [0.29, 0.717) is 28.8 Å². The van der Waals surface area contributed by atoms with Gasteiger partial charge in [0.15, 0.2) is 11.5 Å². The van der Waals surface area contributed by atoms with Crippen molar-refractivity contribution in [3.05, 3.63) is 35.0 Å². The van der Waals surface area contributed by atoms with Crippen LogP contribution in [0.3, 0.4) is 0 Å². The fourth-order valence-corrected chi connectivity index (χ4v) is 2.53. The molecule has 0 saturated carbocycles. The van der Waals surface area contributed by atoms with E-state index in [2.05, 4.69) is 20.6 Å². The van der Waals surface area contributed by atoms with Gasteiger partial charge in [-0.2, -0.15) is 0 Å². The summed E-state index contributed by atoms with van der Waals surface area (Å²) in [6.45, 7) is 0.757. The number of hydrogen-bond acceptors (Lipinski definition) is 6. The molecule has 2 aliphatic rings. The average molecular weight is 303 g/mol. The zero-order chi connectivity index (χ0) is 14.2. The first-order valence-corrected chi connectivity index (χ1v) is 6.78. The highest BCUT2D eigenvalue weighted by molar-refractivity contribution is 6.33. The van der Waals surface area contributed by atoms with Gasteiger partial charge in [0.1, 0.15) is 11.5 Å². The van der Waals surface area contributed by atoms with Gasteiger partial charge >= 0.3 is 0 Å². The van der Waals surface area contributed by atoms with E-state index in [-0.39, 0.29) is 6.79 Å². The number of benzene rings is 1. The van der Waals surface area contributed by atoms with E-state index >= 15 is 0 Å². The number of hydrogen-bond donors (Lipinski definition) is 2. The fraction of sp³-hybridized carbons (Fsp3) is 0.143. The molecule has 3 heterocycles. The topological polar surface area (TPSA) is 67.8 Å². The van der Waals surface area contributed by atoms with Crippen LogP contribution < -0.4 is 20.1 Å². The maximum Gasteiger partial charge on any atom is 0.231 e. The molecule has 0 spiro atoms. The molecule has 0 unspecified atom stereocenters. The Kier molecular flexibility index (Phi) is 2.82. The third-order valence-corrected chi connectivity index (χ3v) is 3.66. The van der Waals surface area contributed by atoms with Crippen LogP contribution in [0.15, 0.2) is 29.4 Å². The molecule has 0 aliphatic carbocycles. The number of ether oxygens (including phenoxy) is 2. The number of aliphatic imine (C=N–C) groups is 1. The molecule has 0 amide bonds. The van der Waals surface area contributed by atoms with Crippen LogP contribution in [0.2, 0.25) is 5.02 Å². The molecule has 2 aromatic rings. The molecule has 0 atom stereocenters. The number of nitrogens with zero attached hydrogens (tertiary/aromatic N) is 2. The lowest BCUT2D eigenvalue weighted by Crippen LogP contribution is -2.09. The minimum atomic E-state index is 0.199. The second kappa shape index (κ2) is 4.82. The average Bonchev–Trinajstić information content (AvgIpc) is 2.99. The highest BCUT2D eigenvalue weighted by Gasteiger charge is 2.22. The van der Waals surface area contributed by atoms with Gasteiger partial charge in [0, 0.05) is 17.4 Å². The Bertz CT molecular complexity index is 748. The van der Waals surface area contributed by atoms with Crippen molar-refractivity contribution in [2.75, 3.05) is 17.4 Å². The first-order chi connectivity index (χ1) is 10.3. The van der Waals surface area contributed by atoms with Gasteiger partial charge in [-0.3, -0.25) is 4.99 Å². The molecular weight excluding hydrogens is 292 g/mol. The molecule has 1 aromatic heterocycles. The number of aromatic nitrogens is 1. The molecule has 0 radical (unpaired) electrons. The summed E-state index contributed by atoms with van der Waals surface area (Å²) in [4.78, 5) is 8.50. The van der Waals surface area contributed by atoms with Crippen molar-refractivity contribution in [1.29, 1.82) is 0 Å². The molecule has 0 fully saturated rings. The predicted molar refractivity (Wildman–Crippen MR) is 80.9 cm³/mol. The summed E-state index contributed by atoms with van der Waals surface area (Å²) >= 11 is 6.28. The molecule has 6 nitrogen and oxygen atoms in total. The molecule has 7 heteroatoms. The third-order valence-electron chi connectivity index (χ3n) is 3.35. The summed E-state index contributed by atoms with van der Waals surface area (Å²) in [5.41, 5.74) is 2.55. The SMILES string of the molecule is Clc1ccc2c(c1Nc1ccnc3c1CN=CN3)OCO2. The highest BCUT2D eigenvalue weighted by atomic mass is 35.5. The first kappa shape index (κ1) is 12.3. The maximum atomic E-state index is 6.28. The van der Waals surface area contributed by atoms with Crippen LogP contribution in [0.4, 0.5) is 17.2 Å². The highest BCUT2D eigenvalue weighted by Crippen LogP contribution is 2.45. The zero-order valence-corrected chi connectivity index (χ0v) is 11.6. The molecular formula is C14H11ClN4O2. The standard InChI is InChI=1S/C14H11ClN4O2/c15-9-1-2-11-13(21-7-20-11)12(9)19-10-3-4-17-14-8(10)5-16-6-18-14/h1-4,6H,5,7H2,(H2,16,17,18,19). The summed E-state index contributed by atoms with van der Waals surface area (Å²) in [5, 5.41) is 6.90. The van der Waals surface area contributed by atoms with E-state index in [0.717, 1.165) is 17.1 Å². The molecule has 21 heavy (non-hydrogen) atoms. The monoisotopic (exact) mass is 302 g/mol. The van der Waals surface area contributed by atoms with Crippen LogP contribution in [-0.4, -0.2) is 18.1 Å². The van der Waals surface area contributed by atoms with Crippen LogP contribution in [0.5, 0.6) is 11.5 Å². The lowest BCUT2D eigenvalue weighted by Gasteiger charge is -2.17. The van der Waals surface area contributed by atoms with Gasteiger partial charge in [-0.25, -0.2) is 4.98 Å². The second-order valence-electron chi connectivity index (χ2n) is 4.58. The maximum absolute atomic E-state index is 6.28. The number of anilines is 3. The molecule has 1 aromatic carbocycles. The summed E-state index contributed by atoms with van der Waals surface area (Å²) in [6, 6.07) is 5.46. The van der Waals surface area contributed by atoms with E-state index in [4.69, 9.17) is 21.1 Å². The van der Waals surface area contributed by atoms with Crippen LogP contribution in [0.1, 0.15) is 5.56 Å². The Morgan fingerprint density at radius 2 is 2.19 bits per heavy atom. The van der Waals surface area contributed by atoms with Gasteiger partial charge < -0.3 is 20.1 Å². The Balaban J connectivity index is 1.77. The number of nitrogens with one attached hydrogen (secondary N) is 2. The lowest BCUT2D eigenvalue weighted by molar-refractivity contribution is 0.174. The molecule has 0 bridgehead atoms. The van der Waals surface area contributed by atoms with Gasteiger partial charge in [-0.05, 0) is 18.2 Å². The number of halogens is 1. The van der Waals surface area contributed by atoms with E-state index in [1.807, 2.05) is 6.07 Å². The van der Waals surface area contributed by atoms with Crippen molar-refractivity contribution in [3.63, 3.8) is 0 Å². The summed E-state index contributed by atoms with van der Waals surface area (Å²) in [6.07, 6.45) is 3.37. The first-order valence-electron chi connectivity index (χ1n) is 6.41. The van der Waals surface area contributed by atoms with Crippen LogP contribution in [0, 0.1) is 0 Å². The van der Waals surface area contributed by atoms with Gasteiger partial charge in [0.25, 0.3) is 0 Å². The molecule has 2 N–H and O–H groups in total. The summed E-state index contributed by atoms with van der Waals surface area (Å²) in [7, 11) is 0. The van der Waals surface area contributed by atoms with Crippen LogP contribution >= 0.6 is 11.6 Å². The summed E-state index contributed by atoms with van der Waals surface area (Å²) < 4.78 is 10.9. The van der Waals surface area contributed by atoms with Crippen LogP contribution in [0.25, 0.3) is 0 Å². The fourth-order valence-electron chi connectivity index (χ4n) is 2.34. The Hall–Kier alpha value is -2.47. The number of fused-ring (bicyclic) bond motifs is 2. The van der Waals surface area contributed by atoms with Gasteiger partial charge in [-0.15, -0.1) is 0 Å². The molecule has 106 valence electrons. The Morgan fingerprint density at radius 3 is 3.14 bits per heavy atom. The second-order valence-corrected chi connectivity index (χ2v) is 4.99. The lowest BCUT2D eigenvalue weighted by atomic mass is 10.1. The van der Waals surface area contributed by atoms with E-state index in [9.17, 15) is 0 Å². The van der Waals surface area contributed by atoms with Crippen LogP contribution in [-0.2, 0) is 6.54 Å². The Morgan fingerprint density at radius 1 is 1.24 bits per heavy atom. The van der Waals surface area contributed by atoms with Crippen molar-refractivity contribution in [3.8, 4) is 11.5 Å². The quantitative estimate of drug-likeness (QED) is 0.892. The van der Waals surface area contributed by atoms with E-state index < -0.39 is 0 Å². The van der Waals surface area contributed by atoms with Crippen molar-refractivity contribution in [2.24, 2.45) is 4.99 Å². The van der Waals surface area contributed by atoms with Gasteiger partial charge in [-0.1, -0.05) is 11.6 Å². The number of rotatable bonds is 2. The summed E-state index contributed by atoms with van der Waals surface area (Å²) in [5.74, 6) is 2.09. The van der Waals surface area contributed by atoms with E-state index in [1.165, 1.54) is 0 Å². The van der Waals surface area contributed by atoms with Crippen molar-refractivity contribution in [2.45, 2.75) is 6.54 Å². The predicted octanol–water partition coefficient (Wildman–Crippen LogP) is 3.16. The zero-order valence-electron chi connectivity index (χ0n) is 10.9. The molecule has 4 rings (SSSR count). The Labute approximate surface area is 125 Å².